The summed E-state index contributed by atoms with van der Waals surface area (Å²) in [6, 6.07) is 31.1. The van der Waals surface area contributed by atoms with Crippen LogP contribution < -0.4 is 0 Å². The van der Waals surface area contributed by atoms with Crippen LogP contribution in [0.2, 0.25) is 0 Å². The quantitative estimate of drug-likeness (QED) is 0.316. The van der Waals surface area contributed by atoms with Gasteiger partial charge in [-0.3, -0.25) is 0 Å². The van der Waals surface area contributed by atoms with Gasteiger partial charge in [-0.25, -0.2) is 0 Å². The van der Waals surface area contributed by atoms with Crippen molar-refractivity contribution >= 4 is 21.8 Å². The summed E-state index contributed by atoms with van der Waals surface area (Å²) in [6.45, 7) is 2.26. The second-order valence-corrected chi connectivity index (χ2v) is 7.65. The van der Waals surface area contributed by atoms with Crippen LogP contribution in [-0.4, -0.2) is 4.57 Å². The van der Waals surface area contributed by atoms with Crippen molar-refractivity contribution < 1.29 is 0 Å². The summed E-state index contributed by atoms with van der Waals surface area (Å²) in [5.41, 5.74) is 11.1. The van der Waals surface area contributed by atoms with Crippen LogP contribution in [-0.2, 0) is 12.8 Å². The van der Waals surface area contributed by atoms with Crippen molar-refractivity contribution in [3.05, 3.63) is 102 Å². The fourth-order valence-corrected chi connectivity index (χ4v) is 5.01. The van der Waals surface area contributed by atoms with Gasteiger partial charge in [-0.1, -0.05) is 73.7 Å². The molecule has 1 heteroatoms. The average Bonchev–Trinajstić information content (AvgIpc) is 3.30. The average molecular weight is 359 g/mol. The van der Waals surface area contributed by atoms with E-state index in [1.807, 2.05) is 0 Å². The van der Waals surface area contributed by atoms with E-state index in [2.05, 4.69) is 96.4 Å². The summed E-state index contributed by atoms with van der Waals surface area (Å²) in [4.78, 5) is 0. The first kappa shape index (κ1) is 15.7. The monoisotopic (exact) mass is 359 g/mol. The number of rotatable bonds is 2. The van der Waals surface area contributed by atoms with E-state index in [4.69, 9.17) is 0 Å². The predicted octanol–water partition coefficient (Wildman–Crippen LogP) is 6.92. The van der Waals surface area contributed by atoms with Crippen molar-refractivity contribution in [3.63, 3.8) is 0 Å². The molecule has 28 heavy (non-hydrogen) atoms. The molecule has 5 aromatic rings. The minimum atomic E-state index is 1.02. The maximum Gasteiger partial charge on any atom is 0.0541 e. The fraction of sp³-hybridized carbons (Fsp3) is 0.111. The highest BCUT2D eigenvalue weighted by Gasteiger charge is 2.24. The molecule has 1 heterocycles. The Balaban J connectivity index is 1.69. The van der Waals surface area contributed by atoms with Gasteiger partial charge in [-0.15, -0.1) is 0 Å². The Hall–Kier alpha value is -3.32. The van der Waals surface area contributed by atoms with Crippen LogP contribution in [0.3, 0.4) is 0 Å². The van der Waals surface area contributed by atoms with E-state index in [9.17, 15) is 0 Å². The largest absolute Gasteiger partial charge is 0.309 e. The van der Waals surface area contributed by atoms with Gasteiger partial charge in [-0.2, -0.15) is 0 Å². The summed E-state index contributed by atoms with van der Waals surface area (Å²) in [5.74, 6) is 0. The predicted molar refractivity (Wildman–Crippen MR) is 118 cm³/mol. The zero-order chi connectivity index (χ0) is 18.7. The lowest BCUT2D eigenvalue weighted by Gasteiger charge is -2.13. The number of aromatic nitrogens is 1. The van der Waals surface area contributed by atoms with E-state index in [0.717, 1.165) is 12.8 Å². The maximum absolute atomic E-state index is 2.46. The van der Waals surface area contributed by atoms with Crippen LogP contribution in [0.25, 0.3) is 38.6 Å². The van der Waals surface area contributed by atoms with Crippen LogP contribution in [0.15, 0.2) is 84.9 Å². The van der Waals surface area contributed by atoms with Gasteiger partial charge in [0.2, 0.25) is 0 Å². The third kappa shape index (κ3) is 2.02. The fourth-order valence-electron chi connectivity index (χ4n) is 5.01. The minimum Gasteiger partial charge on any atom is -0.309 e. The topological polar surface area (TPSA) is 4.93 Å². The molecular weight excluding hydrogens is 338 g/mol. The second-order valence-electron chi connectivity index (χ2n) is 7.65. The molecule has 0 bridgehead atoms. The first-order valence-corrected chi connectivity index (χ1v) is 10.1. The Kier molecular flexibility index (Phi) is 3.28. The lowest BCUT2D eigenvalue weighted by atomic mass is 10.00. The standard InChI is InChI=1S/C27H21N/c1-2-18-9-7-12-19-20-13-8-16-27(24(20)17-23(18)19)28-25-14-5-3-10-21(25)22-11-4-6-15-26(22)28/h3-16H,2,17H2,1H3. The van der Waals surface area contributed by atoms with Gasteiger partial charge in [0.1, 0.15) is 0 Å². The van der Waals surface area contributed by atoms with Crippen molar-refractivity contribution in [2.45, 2.75) is 19.8 Å². The van der Waals surface area contributed by atoms with Crippen LogP contribution in [0.1, 0.15) is 23.6 Å². The van der Waals surface area contributed by atoms with Gasteiger partial charge in [0.15, 0.2) is 0 Å². The summed E-state index contributed by atoms with van der Waals surface area (Å²) < 4.78 is 2.46. The van der Waals surface area contributed by atoms with Crippen molar-refractivity contribution in [1.82, 2.24) is 4.57 Å². The molecular formula is C27H21N. The van der Waals surface area contributed by atoms with Crippen molar-refractivity contribution in [3.8, 4) is 16.8 Å². The smallest absolute Gasteiger partial charge is 0.0541 e. The van der Waals surface area contributed by atoms with E-state index < -0.39 is 0 Å². The molecule has 0 atom stereocenters. The number of benzene rings is 4. The van der Waals surface area contributed by atoms with Crippen molar-refractivity contribution in [2.24, 2.45) is 0 Å². The van der Waals surface area contributed by atoms with Crippen LogP contribution in [0, 0.1) is 0 Å². The molecule has 0 spiro atoms. The molecule has 0 N–H and O–H groups in total. The highest BCUT2D eigenvalue weighted by molar-refractivity contribution is 6.09. The Morgan fingerprint density at radius 3 is 1.93 bits per heavy atom. The van der Waals surface area contributed by atoms with Gasteiger partial charge in [-0.05, 0) is 52.4 Å². The number of para-hydroxylation sites is 2. The zero-order valence-corrected chi connectivity index (χ0v) is 15.9. The van der Waals surface area contributed by atoms with Gasteiger partial charge in [0.05, 0.1) is 16.7 Å². The molecule has 1 aromatic heterocycles. The molecule has 0 aliphatic heterocycles. The number of hydrogen-bond donors (Lipinski definition) is 0. The lowest BCUT2D eigenvalue weighted by molar-refractivity contribution is 1.07. The molecule has 1 aliphatic rings. The highest BCUT2D eigenvalue weighted by Crippen LogP contribution is 2.43. The van der Waals surface area contributed by atoms with Gasteiger partial charge in [0.25, 0.3) is 0 Å². The third-order valence-electron chi connectivity index (χ3n) is 6.27. The third-order valence-corrected chi connectivity index (χ3v) is 6.27. The molecule has 0 unspecified atom stereocenters. The molecule has 0 radical (unpaired) electrons. The molecule has 1 aliphatic carbocycles. The van der Waals surface area contributed by atoms with E-state index in [0.29, 0.717) is 0 Å². The first-order valence-electron chi connectivity index (χ1n) is 10.1. The Labute approximate surface area is 164 Å². The summed E-state index contributed by atoms with van der Waals surface area (Å²) >= 11 is 0. The minimum absolute atomic E-state index is 1.02. The zero-order valence-electron chi connectivity index (χ0n) is 15.9. The molecule has 0 saturated heterocycles. The van der Waals surface area contributed by atoms with Crippen molar-refractivity contribution in [1.29, 1.82) is 0 Å². The number of fused-ring (bicyclic) bond motifs is 6. The molecule has 134 valence electrons. The van der Waals surface area contributed by atoms with Crippen LogP contribution in [0.5, 0.6) is 0 Å². The van der Waals surface area contributed by atoms with Gasteiger partial charge >= 0.3 is 0 Å². The first-order chi connectivity index (χ1) is 13.9. The number of aryl methyl sites for hydroxylation is 1. The second kappa shape index (κ2) is 5.84. The molecule has 0 fully saturated rings. The molecule has 1 nitrogen and oxygen atoms in total. The van der Waals surface area contributed by atoms with Crippen LogP contribution >= 0.6 is 0 Å². The summed E-state index contributed by atoms with van der Waals surface area (Å²) in [6.07, 6.45) is 2.10. The van der Waals surface area contributed by atoms with E-state index in [1.165, 1.54) is 55.3 Å². The Morgan fingerprint density at radius 2 is 1.25 bits per heavy atom. The summed E-state index contributed by atoms with van der Waals surface area (Å²) in [5, 5.41) is 2.64. The summed E-state index contributed by atoms with van der Waals surface area (Å²) in [7, 11) is 0. The molecule has 6 rings (SSSR count). The Morgan fingerprint density at radius 1 is 0.643 bits per heavy atom. The highest BCUT2D eigenvalue weighted by atomic mass is 15.0. The molecule has 4 aromatic carbocycles. The molecule has 0 amide bonds. The van der Waals surface area contributed by atoms with E-state index in [1.54, 1.807) is 0 Å². The van der Waals surface area contributed by atoms with Crippen LogP contribution in [0.4, 0.5) is 0 Å². The van der Waals surface area contributed by atoms with Gasteiger partial charge in [0, 0.05) is 17.2 Å². The van der Waals surface area contributed by atoms with Gasteiger partial charge < -0.3 is 4.57 Å². The lowest BCUT2D eigenvalue weighted by Crippen LogP contribution is -1.99. The Bertz CT molecular complexity index is 1320. The number of nitrogens with zero attached hydrogens (tertiary/aromatic N) is 1. The number of hydrogen-bond acceptors (Lipinski definition) is 0. The maximum atomic E-state index is 2.46. The van der Waals surface area contributed by atoms with Crippen molar-refractivity contribution in [2.75, 3.05) is 0 Å². The van der Waals surface area contributed by atoms with E-state index >= 15 is 0 Å². The van der Waals surface area contributed by atoms with E-state index in [-0.39, 0.29) is 0 Å². The molecule has 0 saturated carbocycles. The normalized spacial score (nSPS) is 12.5. The SMILES string of the molecule is CCc1cccc2c1Cc1c-2cccc1-n1c2ccccc2c2ccccc21.